The Kier molecular flexibility index (Phi) is 12.9. The van der Waals surface area contributed by atoms with E-state index in [0.29, 0.717) is 0 Å². The van der Waals surface area contributed by atoms with Crippen LogP contribution in [-0.2, 0) is 0 Å². The van der Waals surface area contributed by atoms with Crippen molar-refractivity contribution in [1.82, 2.24) is 4.90 Å². The Hall–Kier alpha value is -0.0400. The number of hydrogen-bond acceptors (Lipinski definition) is 1. The lowest BCUT2D eigenvalue weighted by molar-refractivity contribution is 0.109. The van der Waals surface area contributed by atoms with Crippen molar-refractivity contribution in [2.45, 2.75) is 111 Å². The van der Waals surface area contributed by atoms with Crippen LogP contribution < -0.4 is 0 Å². The van der Waals surface area contributed by atoms with Crippen molar-refractivity contribution in [2.24, 2.45) is 0 Å². The average Bonchev–Trinajstić information content (AvgIpc) is 2.42. The van der Waals surface area contributed by atoms with E-state index in [9.17, 15) is 0 Å². The molecule has 0 amide bonds. The van der Waals surface area contributed by atoms with Gasteiger partial charge in [-0.05, 0) is 32.2 Å². The van der Waals surface area contributed by atoms with Gasteiger partial charge in [-0.1, -0.05) is 73.1 Å². The van der Waals surface area contributed by atoms with E-state index < -0.39 is 0 Å². The van der Waals surface area contributed by atoms with E-state index in [1.807, 2.05) is 0 Å². The van der Waals surface area contributed by atoms with Gasteiger partial charge in [0, 0.05) is 12.1 Å². The highest BCUT2D eigenvalue weighted by molar-refractivity contribution is 4.78. The zero-order chi connectivity index (χ0) is 14.5. The van der Waals surface area contributed by atoms with Crippen molar-refractivity contribution in [2.75, 3.05) is 6.54 Å². The predicted octanol–water partition coefficient (Wildman–Crippen LogP) is 6.03. The molecule has 0 aliphatic heterocycles. The third-order valence-electron chi connectivity index (χ3n) is 4.33. The zero-order valence-corrected chi connectivity index (χ0v) is 14.4. The van der Waals surface area contributed by atoms with E-state index in [1.165, 1.54) is 70.8 Å². The van der Waals surface area contributed by atoms with Gasteiger partial charge < -0.3 is 0 Å². The summed E-state index contributed by atoms with van der Waals surface area (Å²) in [6.45, 7) is 12.9. The van der Waals surface area contributed by atoms with Gasteiger partial charge in [0.1, 0.15) is 0 Å². The minimum atomic E-state index is 0.836. The predicted molar refractivity (Wildman–Crippen MR) is 88.8 cm³/mol. The van der Waals surface area contributed by atoms with E-state index in [4.69, 9.17) is 0 Å². The fourth-order valence-electron chi connectivity index (χ4n) is 3.31. The molecule has 0 radical (unpaired) electrons. The molecule has 19 heavy (non-hydrogen) atoms. The zero-order valence-electron chi connectivity index (χ0n) is 14.4. The summed E-state index contributed by atoms with van der Waals surface area (Å²) in [6, 6.07) is 1.67. The molecule has 0 saturated heterocycles. The van der Waals surface area contributed by atoms with Crippen LogP contribution in [0.25, 0.3) is 0 Å². The molecule has 0 bridgehead atoms. The Balaban J connectivity index is 4.62. The van der Waals surface area contributed by atoms with Gasteiger partial charge in [-0.15, -0.1) is 0 Å². The first-order chi connectivity index (χ1) is 9.24. The molecule has 0 spiro atoms. The molecule has 2 atom stereocenters. The summed E-state index contributed by atoms with van der Waals surface area (Å²) in [5.74, 6) is 0. The number of unbranched alkanes of at least 4 members (excludes halogenated alkanes) is 2. The van der Waals surface area contributed by atoms with E-state index in [-0.39, 0.29) is 0 Å². The average molecular weight is 270 g/mol. The van der Waals surface area contributed by atoms with Crippen LogP contribution in [0.15, 0.2) is 0 Å². The first-order valence-corrected chi connectivity index (χ1v) is 9.00. The van der Waals surface area contributed by atoms with Crippen LogP contribution in [0, 0.1) is 0 Å². The van der Waals surface area contributed by atoms with Crippen molar-refractivity contribution in [3.63, 3.8) is 0 Å². The smallest absolute Gasteiger partial charge is 0.00979 e. The molecular weight excluding hydrogens is 230 g/mol. The van der Waals surface area contributed by atoms with Gasteiger partial charge in [0.25, 0.3) is 0 Å². The van der Waals surface area contributed by atoms with Crippen LogP contribution in [0.2, 0.25) is 0 Å². The number of rotatable bonds is 13. The lowest BCUT2D eigenvalue weighted by Gasteiger charge is -2.38. The highest BCUT2D eigenvalue weighted by Gasteiger charge is 2.23. The van der Waals surface area contributed by atoms with Crippen molar-refractivity contribution in [3.05, 3.63) is 0 Å². The van der Waals surface area contributed by atoms with Gasteiger partial charge in [0.05, 0.1) is 0 Å². The molecule has 1 heteroatoms. The summed E-state index contributed by atoms with van der Waals surface area (Å²) in [7, 11) is 0. The molecule has 0 heterocycles. The maximum Gasteiger partial charge on any atom is 0.00979 e. The molecule has 2 unspecified atom stereocenters. The van der Waals surface area contributed by atoms with E-state index in [2.05, 4.69) is 39.5 Å². The largest absolute Gasteiger partial charge is 0.298 e. The molecular formula is C18H39N. The molecule has 0 fully saturated rings. The van der Waals surface area contributed by atoms with Crippen LogP contribution in [0.3, 0.4) is 0 Å². The number of hydrogen-bond donors (Lipinski definition) is 0. The highest BCUT2D eigenvalue weighted by Crippen LogP contribution is 2.22. The van der Waals surface area contributed by atoms with E-state index in [0.717, 1.165) is 12.1 Å². The second-order valence-corrected chi connectivity index (χ2v) is 6.00. The minimum Gasteiger partial charge on any atom is -0.298 e. The van der Waals surface area contributed by atoms with Gasteiger partial charge in [-0.25, -0.2) is 0 Å². The first kappa shape index (κ1) is 19.0. The molecule has 1 nitrogen and oxygen atoms in total. The lowest BCUT2D eigenvalue weighted by Crippen LogP contribution is -2.43. The molecule has 0 N–H and O–H groups in total. The first-order valence-electron chi connectivity index (χ1n) is 9.00. The van der Waals surface area contributed by atoms with Crippen LogP contribution in [0.1, 0.15) is 98.8 Å². The molecule has 0 aromatic carbocycles. The van der Waals surface area contributed by atoms with Crippen molar-refractivity contribution in [1.29, 1.82) is 0 Å². The molecule has 0 aromatic heterocycles. The van der Waals surface area contributed by atoms with Crippen molar-refractivity contribution < 1.29 is 0 Å². The summed E-state index contributed by atoms with van der Waals surface area (Å²) in [6.07, 6.45) is 13.7. The van der Waals surface area contributed by atoms with Gasteiger partial charge in [0.15, 0.2) is 0 Å². The van der Waals surface area contributed by atoms with E-state index >= 15 is 0 Å². The van der Waals surface area contributed by atoms with Gasteiger partial charge in [-0.3, -0.25) is 4.90 Å². The SMILES string of the molecule is CCCCC(CCC)N(CC)C(CCC)CCCC. The van der Waals surface area contributed by atoms with Crippen LogP contribution in [-0.4, -0.2) is 23.5 Å². The number of nitrogens with zero attached hydrogens (tertiary/aromatic N) is 1. The maximum absolute atomic E-state index is 2.85. The molecule has 116 valence electrons. The molecule has 0 rings (SSSR count). The summed E-state index contributed by atoms with van der Waals surface area (Å²) >= 11 is 0. The third kappa shape index (κ3) is 7.97. The second kappa shape index (κ2) is 13.0. The normalized spacial score (nSPS) is 14.8. The third-order valence-corrected chi connectivity index (χ3v) is 4.33. The maximum atomic E-state index is 2.85. The lowest BCUT2D eigenvalue weighted by atomic mass is 9.96. The van der Waals surface area contributed by atoms with Gasteiger partial charge in [0.2, 0.25) is 0 Å². The van der Waals surface area contributed by atoms with Crippen LogP contribution in [0.5, 0.6) is 0 Å². The summed E-state index contributed by atoms with van der Waals surface area (Å²) in [4.78, 5) is 2.85. The van der Waals surface area contributed by atoms with Crippen molar-refractivity contribution in [3.8, 4) is 0 Å². The van der Waals surface area contributed by atoms with Crippen LogP contribution >= 0.6 is 0 Å². The summed E-state index contributed by atoms with van der Waals surface area (Å²) in [5, 5.41) is 0. The monoisotopic (exact) mass is 269 g/mol. The molecule has 0 aliphatic rings. The Morgan fingerprint density at radius 1 is 0.579 bits per heavy atom. The molecule has 0 aliphatic carbocycles. The Morgan fingerprint density at radius 2 is 1.00 bits per heavy atom. The quantitative estimate of drug-likeness (QED) is 0.395. The standard InChI is InChI=1S/C18H39N/c1-6-11-15-17(13-8-3)19(10-5)18(14-9-4)16-12-7-2/h17-18H,6-16H2,1-5H3. The summed E-state index contributed by atoms with van der Waals surface area (Å²) < 4.78 is 0. The summed E-state index contributed by atoms with van der Waals surface area (Å²) in [5.41, 5.74) is 0. The fraction of sp³-hybridized carbons (Fsp3) is 1.00. The fourth-order valence-corrected chi connectivity index (χ4v) is 3.31. The Bertz CT molecular complexity index is 161. The Labute approximate surface area is 123 Å². The van der Waals surface area contributed by atoms with E-state index in [1.54, 1.807) is 0 Å². The van der Waals surface area contributed by atoms with Gasteiger partial charge >= 0.3 is 0 Å². The minimum absolute atomic E-state index is 0.836. The topological polar surface area (TPSA) is 3.24 Å². The van der Waals surface area contributed by atoms with Gasteiger partial charge in [-0.2, -0.15) is 0 Å². The van der Waals surface area contributed by atoms with Crippen LogP contribution in [0.4, 0.5) is 0 Å². The second-order valence-electron chi connectivity index (χ2n) is 6.00. The highest BCUT2D eigenvalue weighted by atomic mass is 15.2. The molecule has 0 saturated carbocycles. The van der Waals surface area contributed by atoms with Crippen molar-refractivity contribution >= 4 is 0 Å². The Morgan fingerprint density at radius 3 is 1.26 bits per heavy atom. The molecule has 0 aromatic rings.